The molecule has 0 aliphatic carbocycles. The van der Waals surface area contributed by atoms with E-state index in [0.717, 1.165) is 65.3 Å². The number of halogens is 3. The Labute approximate surface area is 287 Å². The van der Waals surface area contributed by atoms with E-state index in [4.69, 9.17) is 45.5 Å². The first-order valence-corrected chi connectivity index (χ1v) is 16.5. The number of rotatable bonds is 7. The third-order valence-corrected chi connectivity index (χ3v) is 9.42. The van der Waals surface area contributed by atoms with E-state index >= 15 is 0 Å². The molecule has 1 aliphatic heterocycles. The average molecular weight is 685 g/mol. The van der Waals surface area contributed by atoms with Gasteiger partial charge in [0, 0.05) is 69.0 Å². The monoisotopic (exact) mass is 683 g/mol. The van der Waals surface area contributed by atoms with Gasteiger partial charge in [-0.25, -0.2) is 4.98 Å². The van der Waals surface area contributed by atoms with Gasteiger partial charge in [0.2, 0.25) is 0 Å². The molecule has 2 aromatic heterocycles. The van der Waals surface area contributed by atoms with Gasteiger partial charge in [-0.05, 0) is 55.0 Å². The lowest BCUT2D eigenvalue weighted by atomic mass is 9.99. The van der Waals surface area contributed by atoms with Gasteiger partial charge in [0.1, 0.15) is 5.69 Å². The van der Waals surface area contributed by atoms with E-state index < -0.39 is 0 Å². The Hall–Kier alpha value is -4.47. The predicted octanol–water partition coefficient (Wildman–Crippen LogP) is 8.51. The zero-order valence-electron chi connectivity index (χ0n) is 25.5. The molecule has 0 bridgehead atoms. The summed E-state index contributed by atoms with van der Waals surface area (Å²) in [5, 5.41) is 9.03. The summed E-state index contributed by atoms with van der Waals surface area (Å²) >= 11 is 19.5. The number of aromatic amines is 1. The molecular weight excluding hydrogens is 653 g/mol. The molecule has 11 heteroatoms. The standard InChI is InChI=1S/C36H32Cl3N7O/c1-21(26-10-7-23(37)17-28(26)39)46-20-42-33(22-5-3-2-4-6-22)35(46)32-27-11-8-24(38)18-29(27)43-34(32)36(47)44-30-19-25(40)9-12-31(30)45-15-13-41-14-16-45/h2-12,17-21,41,43H,13-16,40H2,1H3,(H,44,47). The summed E-state index contributed by atoms with van der Waals surface area (Å²) in [5.41, 5.74) is 13.4. The number of imidazole rings is 1. The van der Waals surface area contributed by atoms with Crippen LogP contribution in [-0.2, 0) is 0 Å². The van der Waals surface area contributed by atoms with Gasteiger partial charge in [-0.15, -0.1) is 0 Å². The van der Waals surface area contributed by atoms with Crippen LogP contribution >= 0.6 is 34.8 Å². The molecule has 6 aromatic rings. The zero-order valence-corrected chi connectivity index (χ0v) is 27.8. The second-order valence-corrected chi connectivity index (χ2v) is 12.9. The van der Waals surface area contributed by atoms with Gasteiger partial charge in [-0.3, -0.25) is 4.79 Å². The Morgan fingerprint density at radius 2 is 1.68 bits per heavy atom. The number of benzene rings is 4. The summed E-state index contributed by atoms with van der Waals surface area (Å²) in [6, 6.07) is 26.3. The fraction of sp³-hybridized carbons (Fsp3) is 0.167. The van der Waals surface area contributed by atoms with Crippen LogP contribution in [0.3, 0.4) is 0 Å². The summed E-state index contributed by atoms with van der Waals surface area (Å²) < 4.78 is 2.05. The summed E-state index contributed by atoms with van der Waals surface area (Å²) in [6.45, 7) is 5.38. The minimum Gasteiger partial charge on any atom is -0.399 e. The number of nitrogens with one attached hydrogen (secondary N) is 3. The lowest BCUT2D eigenvalue weighted by Gasteiger charge is -2.31. The second-order valence-electron chi connectivity index (χ2n) is 11.6. The molecule has 0 spiro atoms. The molecule has 5 N–H and O–H groups in total. The van der Waals surface area contributed by atoms with E-state index in [1.54, 1.807) is 18.5 Å². The molecule has 238 valence electrons. The van der Waals surface area contributed by atoms with E-state index in [1.165, 1.54) is 0 Å². The molecule has 4 aromatic carbocycles. The maximum atomic E-state index is 14.5. The highest BCUT2D eigenvalue weighted by atomic mass is 35.5. The number of nitrogens with two attached hydrogens (primary N) is 1. The molecule has 1 fully saturated rings. The van der Waals surface area contributed by atoms with Crippen molar-refractivity contribution in [3.05, 3.63) is 118 Å². The zero-order chi connectivity index (χ0) is 32.7. The lowest BCUT2D eigenvalue weighted by Crippen LogP contribution is -2.43. The Bertz CT molecular complexity index is 2100. The third kappa shape index (κ3) is 6.05. The number of hydrogen-bond acceptors (Lipinski definition) is 5. The topological polar surface area (TPSA) is 104 Å². The number of carbonyl (C=O) groups excluding carboxylic acids is 1. The number of H-pyrrole nitrogens is 1. The SMILES string of the molecule is CC(c1ccc(Cl)cc1Cl)n1cnc(-c2ccccc2)c1-c1c(C(=O)Nc2cc(N)ccc2N2CCNCC2)[nH]c2cc(Cl)ccc12. The number of aromatic nitrogens is 3. The summed E-state index contributed by atoms with van der Waals surface area (Å²) in [5.74, 6) is -0.321. The highest BCUT2D eigenvalue weighted by Gasteiger charge is 2.29. The number of carbonyl (C=O) groups is 1. The predicted molar refractivity (Wildman–Crippen MR) is 194 cm³/mol. The van der Waals surface area contributed by atoms with Crippen LogP contribution in [0.4, 0.5) is 17.1 Å². The summed E-state index contributed by atoms with van der Waals surface area (Å²) in [4.78, 5) is 25.1. The number of amides is 1. The molecule has 8 nitrogen and oxygen atoms in total. The Morgan fingerprint density at radius 3 is 2.45 bits per heavy atom. The van der Waals surface area contributed by atoms with Crippen LogP contribution in [0, 0.1) is 0 Å². The smallest absolute Gasteiger partial charge is 0.272 e. The van der Waals surface area contributed by atoms with Crippen molar-refractivity contribution in [2.45, 2.75) is 13.0 Å². The van der Waals surface area contributed by atoms with Crippen molar-refractivity contribution in [3.63, 3.8) is 0 Å². The lowest BCUT2D eigenvalue weighted by molar-refractivity contribution is 0.102. The van der Waals surface area contributed by atoms with Gasteiger partial charge in [-0.1, -0.05) is 77.3 Å². The second kappa shape index (κ2) is 13.0. The molecule has 0 radical (unpaired) electrons. The van der Waals surface area contributed by atoms with Crippen molar-refractivity contribution in [1.29, 1.82) is 0 Å². The number of hydrogen-bond donors (Lipinski definition) is 4. The Morgan fingerprint density at radius 1 is 0.936 bits per heavy atom. The number of fused-ring (bicyclic) bond motifs is 1. The molecule has 1 aliphatic rings. The number of nitrogens with zero attached hydrogens (tertiary/aromatic N) is 3. The number of piperazine rings is 1. The third-order valence-electron chi connectivity index (χ3n) is 8.62. The maximum absolute atomic E-state index is 14.5. The van der Waals surface area contributed by atoms with Crippen molar-refractivity contribution < 1.29 is 4.79 Å². The van der Waals surface area contributed by atoms with Crippen LogP contribution < -0.4 is 21.3 Å². The quantitative estimate of drug-likeness (QED) is 0.126. The first-order valence-electron chi connectivity index (χ1n) is 15.3. The van der Waals surface area contributed by atoms with E-state index in [1.807, 2.05) is 79.7 Å². The van der Waals surface area contributed by atoms with Crippen LogP contribution in [0.5, 0.6) is 0 Å². The molecule has 1 amide bonds. The Kier molecular flexibility index (Phi) is 8.59. The van der Waals surface area contributed by atoms with Gasteiger partial charge in [0.05, 0.1) is 35.1 Å². The van der Waals surface area contributed by atoms with Gasteiger partial charge in [0.25, 0.3) is 5.91 Å². The van der Waals surface area contributed by atoms with Crippen LogP contribution in [0.2, 0.25) is 15.1 Å². The van der Waals surface area contributed by atoms with Crippen LogP contribution in [-0.4, -0.2) is 46.6 Å². The normalized spacial score (nSPS) is 14.0. The van der Waals surface area contributed by atoms with Gasteiger partial charge in [-0.2, -0.15) is 0 Å². The average Bonchev–Trinajstić information content (AvgIpc) is 3.67. The Balaban J connectivity index is 1.42. The van der Waals surface area contributed by atoms with Crippen molar-refractivity contribution in [3.8, 4) is 22.5 Å². The number of anilines is 3. The van der Waals surface area contributed by atoms with Crippen molar-refractivity contribution in [2.24, 2.45) is 0 Å². The summed E-state index contributed by atoms with van der Waals surface area (Å²) in [7, 11) is 0. The van der Waals surface area contributed by atoms with Gasteiger partial charge >= 0.3 is 0 Å². The largest absolute Gasteiger partial charge is 0.399 e. The minimum absolute atomic E-state index is 0.263. The van der Waals surface area contributed by atoms with Crippen molar-refractivity contribution in [2.75, 3.05) is 42.1 Å². The van der Waals surface area contributed by atoms with Crippen molar-refractivity contribution in [1.82, 2.24) is 19.9 Å². The van der Waals surface area contributed by atoms with E-state index in [9.17, 15) is 4.79 Å². The molecular formula is C36H32Cl3N7O. The number of nitrogen functional groups attached to an aromatic ring is 1. The highest BCUT2D eigenvalue weighted by molar-refractivity contribution is 6.35. The molecule has 1 atom stereocenters. The molecule has 3 heterocycles. The molecule has 1 saturated heterocycles. The fourth-order valence-electron chi connectivity index (χ4n) is 6.31. The summed E-state index contributed by atoms with van der Waals surface area (Å²) in [6.07, 6.45) is 1.80. The van der Waals surface area contributed by atoms with Crippen LogP contribution in [0.1, 0.15) is 29.0 Å². The fourth-order valence-corrected chi connectivity index (χ4v) is 7.04. The maximum Gasteiger partial charge on any atom is 0.272 e. The van der Waals surface area contributed by atoms with E-state index in [-0.39, 0.29) is 11.9 Å². The van der Waals surface area contributed by atoms with Gasteiger partial charge < -0.3 is 30.8 Å². The van der Waals surface area contributed by atoms with Crippen molar-refractivity contribution >= 4 is 68.7 Å². The van der Waals surface area contributed by atoms with E-state index in [2.05, 4.69) is 25.1 Å². The molecule has 47 heavy (non-hydrogen) atoms. The van der Waals surface area contributed by atoms with Crippen LogP contribution in [0.15, 0.2) is 91.3 Å². The molecule has 7 rings (SSSR count). The first-order chi connectivity index (χ1) is 22.8. The van der Waals surface area contributed by atoms with Crippen LogP contribution in [0.25, 0.3) is 33.4 Å². The molecule has 0 saturated carbocycles. The van der Waals surface area contributed by atoms with E-state index in [0.29, 0.717) is 37.7 Å². The highest BCUT2D eigenvalue weighted by Crippen LogP contribution is 2.42. The minimum atomic E-state index is -0.321. The molecule has 1 unspecified atom stereocenters. The van der Waals surface area contributed by atoms with Gasteiger partial charge in [0.15, 0.2) is 0 Å². The first kappa shape index (κ1) is 31.1.